The summed E-state index contributed by atoms with van der Waals surface area (Å²) >= 11 is 0. The molecule has 0 aliphatic carbocycles. The molecular weight excluding hydrogens is 366 g/mol. The van der Waals surface area contributed by atoms with Gasteiger partial charge in [-0.2, -0.15) is 0 Å². The lowest BCUT2D eigenvalue weighted by Crippen LogP contribution is -2.29. The van der Waals surface area contributed by atoms with Gasteiger partial charge in [-0.05, 0) is 11.6 Å². The first-order chi connectivity index (χ1) is 13.5. The Morgan fingerprint density at radius 3 is 2.61 bits per heavy atom. The first kappa shape index (κ1) is 17.7. The molecule has 0 unspecified atom stereocenters. The van der Waals surface area contributed by atoms with Crippen LogP contribution in [0.2, 0.25) is 0 Å². The lowest BCUT2D eigenvalue weighted by atomic mass is 10.0. The summed E-state index contributed by atoms with van der Waals surface area (Å²) in [7, 11) is 0. The van der Waals surface area contributed by atoms with Gasteiger partial charge in [0.05, 0.1) is 11.7 Å². The quantitative estimate of drug-likeness (QED) is 0.412. The Morgan fingerprint density at radius 1 is 1.11 bits per heavy atom. The monoisotopic (exact) mass is 382 g/mol. The summed E-state index contributed by atoms with van der Waals surface area (Å²) in [5.74, 6) is -1.47. The third-order valence-electron chi connectivity index (χ3n) is 4.53. The molecule has 4 rings (SSSR count). The number of hydrogen-bond donors (Lipinski definition) is 4. The third kappa shape index (κ3) is 3.44. The van der Waals surface area contributed by atoms with Gasteiger partial charge in [-0.1, -0.05) is 30.3 Å². The predicted molar refractivity (Wildman–Crippen MR) is 99.8 cm³/mol. The fourth-order valence-corrected chi connectivity index (χ4v) is 3.20. The highest BCUT2D eigenvalue weighted by molar-refractivity contribution is 5.83. The van der Waals surface area contributed by atoms with E-state index in [1.54, 1.807) is 12.4 Å². The molecule has 4 N–H and O–H groups in total. The molecule has 6 nitrogen and oxygen atoms in total. The molecule has 0 spiro atoms. The number of aromatic nitrogens is 3. The van der Waals surface area contributed by atoms with Crippen molar-refractivity contribution in [1.82, 2.24) is 20.3 Å². The maximum atomic E-state index is 13.7. The van der Waals surface area contributed by atoms with E-state index < -0.39 is 23.8 Å². The average molecular weight is 382 g/mol. The molecule has 28 heavy (non-hydrogen) atoms. The van der Waals surface area contributed by atoms with Crippen LogP contribution in [0.25, 0.3) is 22.2 Å². The molecule has 0 saturated heterocycles. The van der Waals surface area contributed by atoms with Gasteiger partial charge in [0.2, 0.25) is 0 Å². The second-order valence-corrected chi connectivity index (χ2v) is 6.37. The number of carboxylic acid groups (broad SMARTS) is 1. The minimum Gasteiger partial charge on any atom is -0.465 e. The van der Waals surface area contributed by atoms with Crippen LogP contribution in [0, 0.1) is 11.6 Å². The van der Waals surface area contributed by atoms with E-state index in [0.29, 0.717) is 28.0 Å². The summed E-state index contributed by atoms with van der Waals surface area (Å²) in [6, 6.07) is 11.0. The van der Waals surface area contributed by atoms with Gasteiger partial charge in [-0.25, -0.2) is 18.6 Å². The molecule has 1 amide bonds. The standard InChI is InChI=1S/C20H16F2N4O2/c21-14-7-13-12(9-23-16(13)8-15(14)22)6-17(26-20(27)28)19-24-10-18(25-19)11-4-2-1-3-5-11/h1-5,7-10,17,23,26H,6H2,(H,24,25)(H,27,28)/t17-/m1/s1. The Kier molecular flexibility index (Phi) is 4.52. The molecule has 0 aliphatic rings. The number of benzene rings is 2. The predicted octanol–water partition coefficient (Wildman–Crippen LogP) is 4.39. The molecule has 0 aliphatic heterocycles. The van der Waals surface area contributed by atoms with Gasteiger partial charge in [0, 0.05) is 41.3 Å². The number of fused-ring (bicyclic) bond motifs is 1. The summed E-state index contributed by atoms with van der Waals surface area (Å²) in [6.07, 6.45) is 2.31. The van der Waals surface area contributed by atoms with Crippen molar-refractivity contribution < 1.29 is 18.7 Å². The van der Waals surface area contributed by atoms with E-state index in [1.807, 2.05) is 30.3 Å². The fourth-order valence-electron chi connectivity index (χ4n) is 3.20. The number of carbonyl (C=O) groups is 1. The molecule has 142 valence electrons. The molecular formula is C20H16F2N4O2. The molecule has 0 bridgehead atoms. The van der Waals surface area contributed by atoms with Gasteiger partial charge in [0.25, 0.3) is 0 Å². The Hall–Kier alpha value is -3.68. The van der Waals surface area contributed by atoms with Crippen molar-refractivity contribution in [2.75, 3.05) is 0 Å². The average Bonchev–Trinajstić information content (AvgIpc) is 3.30. The first-order valence-electron chi connectivity index (χ1n) is 8.56. The van der Waals surface area contributed by atoms with Gasteiger partial charge < -0.3 is 20.4 Å². The lowest BCUT2D eigenvalue weighted by Gasteiger charge is -2.14. The van der Waals surface area contributed by atoms with E-state index in [2.05, 4.69) is 20.3 Å². The summed E-state index contributed by atoms with van der Waals surface area (Å²) in [6.45, 7) is 0. The fraction of sp³-hybridized carbons (Fsp3) is 0.100. The second kappa shape index (κ2) is 7.15. The normalized spacial score (nSPS) is 12.2. The van der Waals surface area contributed by atoms with Gasteiger partial charge >= 0.3 is 6.09 Å². The molecule has 2 heterocycles. The molecule has 4 aromatic rings. The van der Waals surface area contributed by atoms with E-state index in [1.165, 1.54) is 0 Å². The zero-order valence-corrected chi connectivity index (χ0v) is 14.5. The summed E-state index contributed by atoms with van der Waals surface area (Å²) in [5.41, 5.74) is 2.65. The maximum absolute atomic E-state index is 13.7. The van der Waals surface area contributed by atoms with Crippen LogP contribution in [-0.4, -0.2) is 26.2 Å². The van der Waals surface area contributed by atoms with Crippen LogP contribution in [0.15, 0.2) is 54.9 Å². The number of H-pyrrole nitrogens is 2. The van der Waals surface area contributed by atoms with E-state index in [9.17, 15) is 18.7 Å². The number of nitrogens with one attached hydrogen (secondary N) is 3. The Bertz CT molecular complexity index is 1140. The van der Waals surface area contributed by atoms with Crippen LogP contribution < -0.4 is 5.32 Å². The SMILES string of the molecule is O=C(O)N[C@H](Cc1c[nH]c2cc(F)c(F)cc12)c1nc(-c2ccccc2)c[nH]1. The van der Waals surface area contributed by atoms with Crippen LogP contribution in [0.4, 0.5) is 13.6 Å². The zero-order valence-electron chi connectivity index (χ0n) is 14.5. The highest BCUT2D eigenvalue weighted by Crippen LogP contribution is 2.27. The molecule has 1 atom stereocenters. The number of aromatic amines is 2. The smallest absolute Gasteiger partial charge is 0.405 e. The van der Waals surface area contributed by atoms with Gasteiger partial charge in [0.15, 0.2) is 11.6 Å². The van der Waals surface area contributed by atoms with Crippen molar-refractivity contribution in [2.24, 2.45) is 0 Å². The minimum atomic E-state index is -1.21. The van der Waals surface area contributed by atoms with E-state index in [4.69, 9.17) is 0 Å². The molecule has 0 radical (unpaired) electrons. The Labute approximate surface area is 158 Å². The van der Waals surface area contributed by atoms with Crippen molar-refractivity contribution in [3.8, 4) is 11.3 Å². The Balaban J connectivity index is 1.67. The van der Waals surface area contributed by atoms with Crippen molar-refractivity contribution in [2.45, 2.75) is 12.5 Å². The molecule has 0 fully saturated rings. The van der Waals surface area contributed by atoms with Gasteiger partial charge in [-0.15, -0.1) is 0 Å². The van der Waals surface area contributed by atoms with Crippen LogP contribution in [0.1, 0.15) is 17.4 Å². The highest BCUT2D eigenvalue weighted by Gasteiger charge is 2.21. The number of amides is 1. The summed E-state index contributed by atoms with van der Waals surface area (Å²) in [5, 5.41) is 12.1. The van der Waals surface area contributed by atoms with Gasteiger partial charge in [0.1, 0.15) is 5.82 Å². The number of rotatable bonds is 5. The highest BCUT2D eigenvalue weighted by atomic mass is 19.2. The van der Waals surface area contributed by atoms with E-state index >= 15 is 0 Å². The number of imidazole rings is 1. The van der Waals surface area contributed by atoms with Crippen molar-refractivity contribution in [3.05, 3.63) is 77.9 Å². The number of nitrogens with zero attached hydrogens (tertiary/aromatic N) is 1. The topological polar surface area (TPSA) is 93.8 Å². The minimum absolute atomic E-state index is 0.207. The number of hydrogen-bond acceptors (Lipinski definition) is 2. The van der Waals surface area contributed by atoms with E-state index in [-0.39, 0.29) is 6.42 Å². The maximum Gasteiger partial charge on any atom is 0.405 e. The van der Waals surface area contributed by atoms with Crippen LogP contribution >= 0.6 is 0 Å². The first-order valence-corrected chi connectivity index (χ1v) is 8.56. The van der Waals surface area contributed by atoms with Crippen LogP contribution in [0.3, 0.4) is 0 Å². The summed E-state index contributed by atoms with van der Waals surface area (Å²) < 4.78 is 27.1. The number of halogens is 2. The van der Waals surface area contributed by atoms with Crippen LogP contribution in [0.5, 0.6) is 0 Å². The zero-order chi connectivity index (χ0) is 19.7. The largest absolute Gasteiger partial charge is 0.465 e. The molecule has 2 aromatic carbocycles. The van der Waals surface area contributed by atoms with Gasteiger partial charge in [-0.3, -0.25) is 0 Å². The lowest BCUT2D eigenvalue weighted by molar-refractivity contribution is 0.189. The Morgan fingerprint density at radius 2 is 1.86 bits per heavy atom. The summed E-state index contributed by atoms with van der Waals surface area (Å²) in [4.78, 5) is 21.7. The molecule has 0 saturated carbocycles. The second-order valence-electron chi connectivity index (χ2n) is 6.37. The van der Waals surface area contributed by atoms with E-state index in [0.717, 1.165) is 17.7 Å². The molecule has 2 aromatic heterocycles. The van der Waals surface area contributed by atoms with Crippen molar-refractivity contribution >= 4 is 17.0 Å². The third-order valence-corrected chi connectivity index (χ3v) is 4.53. The van der Waals surface area contributed by atoms with Crippen molar-refractivity contribution in [3.63, 3.8) is 0 Å². The van der Waals surface area contributed by atoms with Crippen LogP contribution in [-0.2, 0) is 6.42 Å². The van der Waals surface area contributed by atoms with Crippen molar-refractivity contribution in [1.29, 1.82) is 0 Å². The molecule has 8 heteroatoms.